The molecule has 0 radical (unpaired) electrons. The number of carbonyl (C=O) groups is 2. The first-order valence-corrected chi connectivity index (χ1v) is 12.8. The number of carbonyl (C=O) groups excluding carboxylic acids is 2. The summed E-state index contributed by atoms with van der Waals surface area (Å²) in [6.07, 6.45) is -6.53. The molecule has 0 unspecified atom stereocenters. The maximum atomic E-state index is 15.2. The lowest BCUT2D eigenvalue weighted by Gasteiger charge is -2.28. The third-order valence-electron chi connectivity index (χ3n) is 6.11. The van der Waals surface area contributed by atoms with Crippen LogP contribution in [0.25, 0.3) is 11.3 Å². The van der Waals surface area contributed by atoms with Crippen LogP contribution in [0.15, 0.2) is 44.7 Å². The van der Waals surface area contributed by atoms with Gasteiger partial charge in [0, 0.05) is 47.3 Å². The van der Waals surface area contributed by atoms with Crippen LogP contribution in [0.1, 0.15) is 29.3 Å². The topological polar surface area (TPSA) is 197 Å². The molecule has 1 aliphatic rings. The number of amides is 2. The average Bonchev–Trinajstić information content (AvgIpc) is 3.51. The first-order valence-electron chi connectivity index (χ1n) is 12.0. The SMILES string of the molecule is CC1(CCNC(=O)Cn2nnnc2Sc2c(C(N)=O)cc([N+](=O)[O-])cc2-c2ncc(C(F)(F)C(F)(F)C(F)(F)F)cc2F)N=N1. The Balaban J connectivity index is 1.74. The Labute approximate surface area is 248 Å². The molecule has 0 atom stereocenters. The first kappa shape index (κ1) is 33.1. The van der Waals surface area contributed by atoms with Gasteiger partial charge in [-0.25, -0.2) is 9.07 Å². The minimum absolute atomic E-state index is 0.167. The second kappa shape index (κ2) is 11.6. The summed E-state index contributed by atoms with van der Waals surface area (Å²) in [5.41, 5.74) is -0.770. The summed E-state index contributed by atoms with van der Waals surface area (Å²) in [6, 6.07) is 0.905. The van der Waals surface area contributed by atoms with Crippen molar-refractivity contribution in [3.05, 3.63) is 51.5 Å². The summed E-state index contributed by atoms with van der Waals surface area (Å²) in [7, 11) is 0. The number of alkyl halides is 7. The van der Waals surface area contributed by atoms with Gasteiger partial charge in [0.15, 0.2) is 5.66 Å². The molecule has 1 aromatic carbocycles. The number of nitrogens with one attached hydrogen (secondary N) is 1. The number of pyridine rings is 1. The van der Waals surface area contributed by atoms with Crippen LogP contribution in [0, 0.1) is 15.9 Å². The predicted octanol–water partition coefficient (Wildman–Crippen LogP) is 4.01. The number of primary amides is 1. The standard InChI is InChI=1S/C22H16F8N10O4S/c1-19(35-36-19)2-3-32-14(41)8-39-18(34-37-38-39)45-16-11(5-10(40(43)44)6-12(16)17(31)42)15-13(23)4-9(7-33-15)20(24,25)21(26,27)22(28,29)30/h4-7H,2-3,8H2,1H3,(H2,31,42)(H,32,41). The number of hydrogen-bond donors (Lipinski definition) is 2. The summed E-state index contributed by atoms with van der Waals surface area (Å²) < 4.78 is 110. The van der Waals surface area contributed by atoms with Crippen LogP contribution in [-0.2, 0) is 17.3 Å². The zero-order chi connectivity index (χ0) is 33.5. The van der Waals surface area contributed by atoms with Crippen LogP contribution in [0.3, 0.4) is 0 Å². The highest BCUT2D eigenvalue weighted by molar-refractivity contribution is 7.99. The van der Waals surface area contributed by atoms with E-state index in [0.29, 0.717) is 30.3 Å². The van der Waals surface area contributed by atoms with Crippen molar-refractivity contribution in [2.75, 3.05) is 6.54 Å². The summed E-state index contributed by atoms with van der Waals surface area (Å²) in [4.78, 5) is 38.0. The van der Waals surface area contributed by atoms with Crippen molar-refractivity contribution in [2.24, 2.45) is 16.0 Å². The van der Waals surface area contributed by atoms with E-state index < -0.39 is 85.8 Å². The number of nitrogens with zero attached hydrogens (tertiary/aromatic N) is 8. The summed E-state index contributed by atoms with van der Waals surface area (Å²) in [5, 5.41) is 32.1. The molecule has 240 valence electrons. The van der Waals surface area contributed by atoms with Crippen molar-refractivity contribution in [1.82, 2.24) is 30.5 Å². The summed E-state index contributed by atoms with van der Waals surface area (Å²) in [6.45, 7) is 1.38. The van der Waals surface area contributed by atoms with Gasteiger partial charge in [-0.1, -0.05) is 0 Å². The van der Waals surface area contributed by atoms with Crippen molar-refractivity contribution in [3.63, 3.8) is 0 Å². The van der Waals surface area contributed by atoms with Crippen LogP contribution in [0.4, 0.5) is 40.8 Å². The van der Waals surface area contributed by atoms with Crippen molar-refractivity contribution in [1.29, 1.82) is 0 Å². The van der Waals surface area contributed by atoms with Crippen LogP contribution in [0.5, 0.6) is 0 Å². The van der Waals surface area contributed by atoms with Gasteiger partial charge in [-0.3, -0.25) is 24.7 Å². The maximum Gasteiger partial charge on any atom is 0.460 e. The number of nitro benzene ring substituents is 1. The zero-order valence-corrected chi connectivity index (χ0v) is 23.0. The monoisotopic (exact) mass is 668 g/mol. The number of hydrogen-bond acceptors (Lipinski definition) is 11. The number of halogens is 8. The van der Waals surface area contributed by atoms with E-state index in [1.54, 1.807) is 6.92 Å². The smallest absolute Gasteiger partial charge is 0.366 e. The molecule has 0 saturated carbocycles. The third-order valence-corrected chi connectivity index (χ3v) is 7.23. The Morgan fingerprint density at radius 3 is 2.36 bits per heavy atom. The molecule has 3 aromatic rings. The van der Waals surface area contributed by atoms with E-state index in [1.807, 2.05) is 0 Å². The lowest BCUT2D eigenvalue weighted by atomic mass is 10.0. The molecule has 0 bridgehead atoms. The number of nitrogens with two attached hydrogens (primary N) is 1. The summed E-state index contributed by atoms with van der Waals surface area (Å²) in [5.74, 6) is -16.5. The minimum Gasteiger partial charge on any atom is -0.366 e. The molecule has 2 amide bonds. The largest absolute Gasteiger partial charge is 0.460 e. The minimum atomic E-state index is -6.73. The molecule has 3 heterocycles. The fourth-order valence-electron chi connectivity index (χ4n) is 3.63. The maximum absolute atomic E-state index is 15.2. The van der Waals surface area contributed by atoms with Gasteiger partial charge in [-0.15, -0.1) is 5.10 Å². The lowest BCUT2D eigenvalue weighted by Crippen LogP contribution is -2.50. The molecular formula is C22H16F8N10O4S. The third kappa shape index (κ3) is 6.66. The highest BCUT2D eigenvalue weighted by Gasteiger charge is 2.73. The van der Waals surface area contributed by atoms with Crippen molar-refractivity contribution < 1.29 is 49.6 Å². The fraction of sp³-hybridized carbons (Fsp3) is 0.364. The van der Waals surface area contributed by atoms with Crippen LogP contribution < -0.4 is 11.1 Å². The van der Waals surface area contributed by atoms with Crippen molar-refractivity contribution >= 4 is 29.3 Å². The molecule has 0 saturated heterocycles. The zero-order valence-electron chi connectivity index (χ0n) is 22.2. The predicted molar refractivity (Wildman–Crippen MR) is 133 cm³/mol. The fourth-order valence-corrected chi connectivity index (χ4v) is 4.63. The molecule has 23 heteroatoms. The molecule has 14 nitrogen and oxygen atoms in total. The average molecular weight is 668 g/mol. The van der Waals surface area contributed by atoms with Gasteiger partial charge < -0.3 is 11.1 Å². The van der Waals surface area contributed by atoms with Crippen LogP contribution >= 0.6 is 11.8 Å². The number of nitro groups is 1. The molecule has 0 fully saturated rings. The molecule has 1 aliphatic heterocycles. The molecule has 2 aromatic heterocycles. The van der Waals surface area contributed by atoms with Gasteiger partial charge in [0.2, 0.25) is 17.0 Å². The molecular weight excluding hydrogens is 652 g/mol. The molecule has 3 N–H and O–H groups in total. The Kier molecular flexibility index (Phi) is 8.52. The van der Waals surface area contributed by atoms with E-state index in [4.69, 9.17) is 5.73 Å². The number of aromatic nitrogens is 5. The Bertz CT molecular complexity index is 1710. The first-order chi connectivity index (χ1) is 20.8. The number of tetrazole rings is 1. The highest BCUT2D eigenvalue weighted by Crippen LogP contribution is 2.52. The molecule has 0 aliphatic carbocycles. The quantitative estimate of drug-likeness (QED) is 0.163. The number of non-ortho nitro benzene ring substituents is 1. The number of rotatable bonds is 12. The molecule has 0 spiro atoms. The van der Waals surface area contributed by atoms with Crippen LogP contribution in [-0.4, -0.2) is 66.2 Å². The Morgan fingerprint density at radius 2 is 1.80 bits per heavy atom. The van der Waals surface area contributed by atoms with Gasteiger partial charge in [0.1, 0.15) is 18.1 Å². The second-order valence-corrected chi connectivity index (χ2v) is 10.4. The van der Waals surface area contributed by atoms with Gasteiger partial charge in [-0.2, -0.15) is 41.0 Å². The van der Waals surface area contributed by atoms with Gasteiger partial charge in [-0.05, 0) is 35.2 Å². The van der Waals surface area contributed by atoms with E-state index in [-0.39, 0.29) is 24.0 Å². The normalized spacial score (nSPS) is 14.3. The lowest BCUT2D eigenvalue weighted by molar-refractivity contribution is -0.384. The Morgan fingerprint density at radius 1 is 1.13 bits per heavy atom. The molecule has 45 heavy (non-hydrogen) atoms. The van der Waals surface area contributed by atoms with E-state index in [0.717, 1.165) is 4.68 Å². The highest BCUT2D eigenvalue weighted by atomic mass is 32.2. The second-order valence-electron chi connectivity index (χ2n) is 9.43. The van der Waals surface area contributed by atoms with Crippen LogP contribution in [0.2, 0.25) is 0 Å². The van der Waals surface area contributed by atoms with Gasteiger partial charge >= 0.3 is 18.0 Å². The summed E-state index contributed by atoms with van der Waals surface area (Å²) >= 11 is 0.394. The van der Waals surface area contributed by atoms with Gasteiger partial charge in [0.05, 0.1) is 10.5 Å². The van der Waals surface area contributed by atoms with E-state index >= 15 is 4.39 Å². The van der Waals surface area contributed by atoms with E-state index in [1.165, 1.54) is 0 Å². The molecule has 4 rings (SSSR count). The van der Waals surface area contributed by atoms with Crippen molar-refractivity contribution in [2.45, 2.75) is 53.6 Å². The number of benzene rings is 1. The Hall–Kier alpha value is -4.83. The van der Waals surface area contributed by atoms with Crippen molar-refractivity contribution in [3.8, 4) is 11.3 Å². The van der Waals surface area contributed by atoms with Gasteiger partial charge in [0.25, 0.3) is 5.69 Å². The van der Waals surface area contributed by atoms with E-state index in [9.17, 15) is 50.4 Å². The van der Waals surface area contributed by atoms with E-state index in [2.05, 4.69) is 36.1 Å².